The predicted molar refractivity (Wildman–Crippen MR) is 113 cm³/mol. The number of carbonyl (C=O) groups is 1. The number of rotatable bonds is 14. The monoisotopic (exact) mass is 378 g/mol. The van der Waals surface area contributed by atoms with Crippen LogP contribution in [0.25, 0.3) is 0 Å². The van der Waals surface area contributed by atoms with Crippen molar-refractivity contribution in [2.45, 2.75) is 64.9 Å². The van der Waals surface area contributed by atoms with Gasteiger partial charge in [-0.2, -0.15) is 0 Å². The van der Waals surface area contributed by atoms with Crippen LogP contribution in [0.1, 0.15) is 59.3 Å². The first-order valence-corrected chi connectivity index (χ1v) is 10.2. The summed E-state index contributed by atoms with van der Waals surface area (Å²) in [6, 6.07) is 7.55. The van der Waals surface area contributed by atoms with E-state index in [-0.39, 0.29) is 5.91 Å². The summed E-state index contributed by atoms with van der Waals surface area (Å²) in [6.45, 7) is 8.40. The van der Waals surface area contributed by atoms with Crippen LogP contribution in [0, 0.1) is 0 Å². The topological polar surface area (TPSA) is 50.8 Å². The molecule has 0 heterocycles. The van der Waals surface area contributed by atoms with Crippen LogP contribution in [0.5, 0.6) is 5.75 Å². The van der Waals surface area contributed by atoms with Crippen LogP contribution in [0.2, 0.25) is 0 Å². The second-order valence-electron chi connectivity index (χ2n) is 7.52. The lowest BCUT2D eigenvalue weighted by Gasteiger charge is -2.28. The van der Waals surface area contributed by atoms with Gasteiger partial charge in [0, 0.05) is 18.8 Å². The Balaban J connectivity index is 2.58. The van der Waals surface area contributed by atoms with Gasteiger partial charge in [-0.1, -0.05) is 33.1 Å². The van der Waals surface area contributed by atoms with Crippen molar-refractivity contribution in [3.63, 3.8) is 0 Å². The highest BCUT2D eigenvalue weighted by Crippen LogP contribution is 2.23. The number of ether oxygens (including phenoxy) is 2. The molecule has 0 saturated carbocycles. The summed E-state index contributed by atoms with van der Waals surface area (Å²) in [4.78, 5) is 15.0. The van der Waals surface area contributed by atoms with Gasteiger partial charge in [-0.25, -0.2) is 0 Å². The van der Waals surface area contributed by atoms with Crippen LogP contribution in [-0.2, 0) is 9.53 Å². The highest BCUT2D eigenvalue weighted by atomic mass is 16.5. The maximum Gasteiger partial charge on any atom is 0.256 e. The van der Waals surface area contributed by atoms with E-state index in [4.69, 9.17) is 9.47 Å². The molecule has 0 aliphatic heterocycles. The molecule has 1 rings (SSSR count). The van der Waals surface area contributed by atoms with Crippen molar-refractivity contribution >= 4 is 11.6 Å². The lowest BCUT2D eigenvalue weighted by atomic mass is 9.96. The van der Waals surface area contributed by atoms with Gasteiger partial charge < -0.3 is 19.7 Å². The zero-order chi connectivity index (χ0) is 20.1. The number of nitrogens with zero attached hydrogens (tertiary/aromatic N) is 1. The Kier molecular flexibility index (Phi) is 11.1. The lowest BCUT2D eigenvalue weighted by Crippen LogP contribution is -2.43. The Morgan fingerprint density at radius 3 is 2.33 bits per heavy atom. The van der Waals surface area contributed by atoms with Gasteiger partial charge in [0.2, 0.25) is 0 Å². The fraction of sp³-hybridized carbons (Fsp3) is 0.682. The summed E-state index contributed by atoms with van der Waals surface area (Å²) in [6.07, 6.45) is 5.84. The largest absolute Gasteiger partial charge is 0.494 e. The van der Waals surface area contributed by atoms with Gasteiger partial charge in [-0.15, -0.1) is 0 Å². The Labute approximate surface area is 165 Å². The zero-order valence-electron chi connectivity index (χ0n) is 17.8. The highest BCUT2D eigenvalue weighted by Gasteiger charge is 2.33. The molecule has 0 aromatic heterocycles. The Morgan fingerprint density at radius 2 is 1.74 bits per heavy atom. The van der Waals surface area contributed by atoms with Gasteiger partial charge in [-0.3, -0.25) is 4.79 Å². The lowest BCUT2D eigenvalue weighted by molar-refractivity contribution is -0.140. The predicted octanol–water partition coefficient (Wildman–Crippen LogP) is 4.72. The van der Waals surface area contributed by atoms with Crippen molar-refractivity contribution in [3.8, 4) is 5.75 Å². The summed E-state index contributed by atoms with van der Waals surface area (Å²) in [5.41, 5.74) is -0.0190. The number of nitrogens with one attached hydrogen (secondary N) is 1. The maximum atomic E-state index is 12.8. The van der Waals surface area contributed by atoms with Crippen molar-refractivity contribution in [2.24, 2.45) is 0 Å². The molecule has 0 fully saturated rings. The van der Waals surface area contributed by atoms with Gasteiger partial charge in [-0.05, 0) is 64.5 Å². The average Bonchev–Trinajstić information content (AvgIpc) is 2.65. The molecular weight excluding hydrogens is 340 g/mol. The van der Waals surface area contributed by atoms with Crippen LogP contribution < -0.4 is 10.1 Å². The van der Waals surface area contributed by atoms with Crippen molar-refractivity contribution in [2.75, 3.05) is 39.2 Å². The molecule has 0 aliphatic rings. The van der Waals surface area contributed by atoms with Crippen molar-refractivity contribution < 1.29 is 14.3 Å². The average molecular weight is 379 g/mol. The number of amides is 1. The quantitative estimate of drug-likeness (QED) is 0.476. The minimum Gasteiger partial charge on any atom is -0.494 e. The molecule has 0 unspecified atom stereocenters. The molecule has 0 saturated heterocycles. The molecule has 5 nitrogen and oxygen atoms in total. The maximum absolute atomic E-state index is 12.8. The standard InChI is InChI=1S/C22H38N2O3/c1-6-8-9-15-22(3,27-17-7-2)21(25)23-19-11-13-20(14-12-19)26-18-10-16-24(4)5/h11-14H,6-10,15-18H2,1-5H3,(H,23,25)/t22-/m1/s1. The summed E-state index contributed by atoms with van der Waals surface area (Å²) in [5.74, 6) is 0.742. The molecule has 0 spiro atoms. The van der Waals surface area contributed by atoms with Gasteiger partial charge in [0.25, 0.3) is 5.91 Å². The summed E-state index contributed by atoms with van der Waals surface area (Å²) < 4.78 is 11.7. The van der Waals surface area contributed by atoms with Gasteiger partial charge in [0.1, 0.15) is 11.4 Å². The molecule has 1 amide bonds. The molecule has 0 aliphatic carbocycles. The Morgan fingerprint density at radius 1 is 1.04 bits per heavy atom. The third-order valence-electron chi connectivity index (χ3n) is 4.49. The Bertz CT molecular complexity index is 531. The van der Waals surface area contributed by atoms with E-state index in [1.165, 1.54) is 0 Å². The third-order valence-corrected chi connectivity index (χ3v) is 4.49. The normalized spacial score (nSPS) is 13.4. The minimum absolute atomic E-state index is 0.0771. The molecule has 5 heteroatoms. The summed E-state index contributed by atoms with van der Waals surface area (Å²) >= 11 is 0. The smallest absolute Gasteiger partial charge is 0.256 e. The second kappa shape index (κ2) is 12.7. The van der Waals surface area contributed by atoms with E-state index >= 15 is 0 Å². The van der Waals surface area contributed by atoms with E-state index in [1.807, 2.05) is 31.2 Å². The fourth-order valence-electron chi connectivity index (χ4n) is 2.76. The van der Waals surface area contributed by atoms with E-state index in [0.717, 1.165) is 56.5 Å². The molecule has 1 atom stereocenters. The first-order chi connectivity index (χ1) is 12.9. The third kappa shape index (κ3) is 9.25. The number of anilines is 1. The molecule has 1 N–H and O–H groups in total. The van der Waals surface area contributed by atoms with Crippen LogP contribution in [0.3, 0.4) is 0 Å². The SMILES string of the molecule is CCCCC[C@@](C)(OCCC)C(=O)Nc1ccc(OCCCN(C)C)cc1. The number of hydrogen-bond acceptors (Lipinski definition) is 4. The van der Waals surface area contributed by atoms with Crippen LogP contribution in [0.15, 0.2) is 24.3 Å². The number of carbonyl (C=O) groups excluding carboxylic acids is 1. The molecule has 0 bridgehead atoms. The van der Waals surface area contributed by atoms with E-state index in [2.05, 4.69) is 38.2 Å². The van der Waals surface area contributed by atoms with Crippen molar-refractivity contribution in [1.29, 1.82) is 0 Å². The molecular formula is C22H38N2O3. The number of unbranched alkanes of at least 4 members (excludes halogenated alkanes) is 2. The molecule has 27 heavy (non-hydrogen) atoms. The van der Waals surface area contributed by atoms with Gasteiger partial charge >= 0.3 is 0 Å². The first kappa shape index (κ1) is 23.4. The fourth-order valence-corrected chi connectivity index (χ4v) is 2.76. The molecule has 154 valence electrons. The highest BCUT2D eigenvalue weighted by molar-refractivity contribution is 5.97. The summed E-state index contributed by atoms with van der Waals surface area (Å²) in [7, 11) is 4.11. The van der Waals surface area contributed by atoms with Crippen LogP contribution in [-0.4, -0.2) is 50.3 Å². The zero-order valence-corrected chi connectivity index (χ0v) is 17.8. The summed E-state index contributed by atoms with van der Waals surface area (Å²) in [5, 5.41) is 3.00. The van der Waals surface area contributed by atoms with Gasteiger partial charge in [0.15, 0.2) is 0 Å². The second-order valence-corrected chi connectivity index (χ2v) is 7.52. The number of benzene rings is 1. The molecule has 0 radical (unpaired) electrons. The van der Waals surface area contributed by atoms with Crippen molar-refractivity contribution in [3.05, 3.63) is 24.3 Å². The van der Waals surface area contributed by atoms with E-state index in [0.29, 0.717) is 13.2 Å². The van der Waals surface area contributed by atoms with Gasteiger partial charge in [0.05, 0.1) is 6.61 Å². The van der Waals surface area contributed by atoms with E-state index in [9.17, 15) is 4.79 Å². The minimum atomic E-state index is -0.785. The van der Waals surface area contributed by atoms with Crippen molar-refractivity contribution in [1.82, 2.24) is 4.90 Å². The van der Waals surface area contributed by atoms with Crippen LogP contribution in [0.4, 0.5) is 5.69 Å². The number of hydrogen-bond donors (Lipinski definition) is 1. The van der Waals surface area contributed by atoms with Crippen LogP contribution >= 0.6 is 0 Å². The van der Waals surface area contributed by atoms with E-state index < -0.39 is 5.60 Å². The first-order valence-electron chi connectivity index (χ1n) is 10.2. The van der Waals surface area contributed by atoms with E-state index in [1.54, 1.807) is 0 Å². The Hall–Kier alpha value is -1.59. The molecule has 1 aromatic rings. The molecule has 1 aromatic carbocycles.